The molecule has 0 spiro atoms. The van der Waals surface area contributed by atoms with Gasteiger partial charge in [0, 0.05) is 35.3 Å². The molecule has 4 aromatic rings. The third-order valence-corrected chi connectivity index (χ3v) is 4.41. The molecular weight excluding hydrogens is 367 g/mol. The maximum Gasteiger partial charge on any atom is 0.134 e. The first-order chi connectivity index (χ1) is 14.1. The van der Waals surface area contributed by atoms with E-state index in [-0.39, 0.29) is 5.82 Å². The van der Waals surface area contributed by atoms with E-state index in [1.807, 2.05) is 43.3 Å². The second-order valence-corrected chi connectivity index (χ2v) is 6.51. The Morgan fingerprint density at radius 1 is 0.828 bits per heavy atom. The number of aromatic nitrogens is 3. The summed E-state index contributed by atoms with van der Waals surface area (Å²) in [7, 11) is 1.64. The molecule has 0 saturated heterocycles. The minimum Gasteiger partial charge on any atom is -0.497 e. The SMILES string of the molecule is COc1ccc(Nc2cc(-c3cncc(-c4ccc(F)cc4)c3)nc(C)n2)cc1. The third-order valence-electron chi connectivity index (χ3n) is 4.41. The Balaban J connectivity index is 1.64. The predicted octanol–water partition coefficient (Wildman–Crippen LogP) is 5.41. The number of methoxy groups -OCH3 is 1. The number of nitrogens with one attached hydrogen (secondary N) is 1. The van der Waals surface area contributed by atoms with Crippen LogP contribution in [0.4, 0.5) is 15.9 Å². The topological polar surface area (TPSA) is 59.9 Å². The van der Waals surface area contributed by atoms with Crippen LogP contribution in [0.2, 0.25) is 0 Å². The summed E-state index contributed by atoms with van der Waals surface area (Å²) >= 11 is 0. The molecule has 0 saturated carbocycles. The Labute approximate surface area is 168 Å². The Hall–Kier alpha value is -3.80. The van der Waals surface area contributed by atoms with Crippen LogP contribution in [0.25, 0.3) is 22.4 Å². The van der Waals surface area contributed by atoms with E-state index in [0.29, 0.717) is 11.6 Å². The summed E-state index contributed by atoms with van der Waals surface area (Å²) in [6.07, 6.45) is 3.51. The summed E-state index contributed by atoms with van der Waals surface area (Å²) in [5.41, 5.74) is 4.29. The van der Waals surface area contributed by atoms with Crippen molar-refractivity contribution in [2.24, 2.45) is 0 Å². The van der Waals surface area contributed by atoms with Gasteiger partial charge in [-0.1, -0.05) is 12.1 Å². The maximum absolute atomic E-state index is 13.2. The number of hydrogen-bond donors (Lipinski definition) is 1. The number of anilines is 2. The van der Waals surface area contributed by atoms with Gasteiger partial charge >= 0.3 is 0 Å². The van der Waals surface area contributed by atoms with Gasteiger partial charge in [-0.2, -0.15) is 0 Å². The Bertz CT molecular complexity index is 1130. The van der Waals surface area contributed by atoms with Crippen LogP contribution in [-0.4, -0.2) is 22.1 Å². The van der Waals surface area contributed by atoms with Crippen LogP contribution in [0.15, 0.2) is 73.1 Å². The quantitative estimate of drug-likeness (QED) is 0.497. The number of hydrogen-bond acceptors (Lipinski definition) is 5. The summed E-state index contributed by atoms with van der Waals surface area (Å²) in [4.78, 5) is 13.4. The summed E-state index contributed by atoms with van der Waals surface area (Å²) in [6.45, 7) is 1.85. The van der Waals surface area contributed by atoms with Crippen molar-refractivity contribution >= 4 is 11.5 Å². The number of halogens is 1. The Morgan fingerprint density at radius 3 is 2.28 bits per heavy atom. The largest absolute Gasteiger partial charge is 0.497 e. The van der Waals surface area contributed by atoms with Gasteiger partial charge in [0.1, 0.15) is 23.2 Å². The van der Waals surface area contributed by atoms with Crippen LogP contribution >= 0.6 is 0 Å². The highest BCUT2D eigenvalue weighted by Crippen LogP contribution is 2.27. The molecule has 0 fully saturated rings. The summed E-state index contributed by atoms with van der Waals surface area (Å²) in [5.74, 6) is 1.85. The van der Waals surface area contributed by atoms with E-state index in [1.54, 1.807) is 31.6 Å². The van der Waals surface area contributed by atoms with Crippen LogP contribution in [0.1, 0.15) is 5.82 Å². The lowest BCUT2D eigenvalue weighted by atomic mass is 10.0. The van der Waals surface area contributed by atoms with Gasteiger partial charge in [-0.25, -0.2) is 14.4 Å². The van der Waals surface area contributed by atoms with Crippen molar-refractivity contribution in [2.45, 2.75) is 6.92 Å². The van der Waals surface area contributed by atoms with E-state index in [4.69, 9.17) is 4.74 Å². The van der Waals surface area contributed by atoms with E-state index in [2.05, 4.69) is 20.3 Å². The number of benzene rings is 2. The molecule has 144 valence electrons. The minimum absolute atomic E-state index is 0.265. The number of pyridine rings is 1. The van der Waals surface area contributed by atoms with Crippen LogP contribution in [0, 0.1) is 12.7 Å². The Morgan fingerprint density at radius 2 is 1.55 bits per heavy atom. The van der Waals surface area contributed by atoms with Crippen molar-refractivity contribution in [3.05, 3.63) is 84.7 Å². The molecule has 5 nitrogen and oxygen atoms in total. The first-order valence-corrected chi connectivity index (χ1v) is 9.09. The highest BCUT2D eigenvalue weighted by molar-refractivity contribution is 5.72. The monoisotopic (exact) mass is 386 g/mol. The highest BCUT2D eigenvalue weighted by Gasteiger charge is 2.08. The van der Waals surface area contributed by atoms with Crippen molar-refractivity contribution in [3.8, 4) is 28.1 Å². The van der Waals surface area contributed by atoms with Gasteiger partial charge in [-0.15, -0.1) is 0 Å². The summed E-state index contributed by atoms with van der Waals surface area (Å²) < 4.78 is 18.4. The van der Waals surface area contributed by atoms with Gasteiger partial charge < -0.3 is 10.1 Å². The fourth-order valence-electron chi connectivity index (χ4n) is 2.98. The molecule has 0 atom stereocenters. The van der Waals surface area contributed by atoms with Crippen molar-refractivity contribution in [1.82, 2.24) is 15.0 Å². The van der Waals surface area contributed by atoms with Crippen molar-refractivity contribution in [2.75, 3.05) is 12.4 Å². The smallest absolute Gasteiger partial charge is 0.134 e. The fourth-order valence-corrected chi connectivity index (χ4v) is 2.98. The molecule has 0 radical (unpaired) electrons. The van der Waals surface area contributed by atoms with Crippen LogP contribution in [-0.2, 0) is 0 Å². The zero-order valence-electron chi connectivity index (χ0n) is 16.1. The molecular formula is C23H19FN4O. The van der Waals surface area contributed by atoms with Gasteiger partial charge in [-0.05, 0) is 55.0 Å². The molecule has 2 heterocycles. The molecule has 2 aromatic heterocycles. The van der Waals surface area contributed by atoms with Gasteiger partial charge in [0.25, 0.3) is 0 Å². The molecule has 29 heavy (non-hydrogen) atoms. The summed E-state index contributed by atoms with van der Waals surface area (Å²) in [6, 6.07) is 17.8. The second-order valence-electron chi connectivity index (χ2n) is 6.51. The fraction of sp³-hybridized carbons (Fsp3) is 0.0870. The van der Waals surface area contributed by atoms with Crippen molar-refractivity contribution < 1.29 is 9.13 Å². The predicted molar refractivity (Wildman–Crippen MR) is 112 cm³/mol. The van der Waals surface area contributed by atoms with Crippen molar-refractivity contribution in [1.29, 1.82) is 0 Å². The lowest BCUT2D eigenvalue weighted by Gasteiger charge is -2.10. The van der Waals surface area contributed by atoms with Gasteiger partial charge in [-0.3, -0.25) is 4.98 Å². The van der Waals surface area contributed by atoms with E-state index in [9.17, 15) is 4.39 Å². The molecule has 0 amide bonds. The first kappa shape index (κ1) is 18.6. The maximum atomic E-state index is 13.2. The van der Waals surface area contributed by atoms with Gasteiger partial charge in [0.2, 0.25) is 0 Å². The molecule has 0 bridgehead atoms. The molecule has 0 aliphatic rings. The standard InChI is InChI=1S/C23H19FN4O/c1-15-26-22(12-23(27-15)28-20-7-9-21(29-2)10-8-20)18-11-17(13-25-14-18)16-3-5-19(24)6-4-16/h3-14H,1-2H3,(H,26,27,28). The zero-order chi connectivity index (χ0) is 20.2. The molecule has 0 unspecified atom stereocenters. The first-order valence-electron chi connectivity index (χ1n) is 9.09. The molecule has 0 aliphatic heterocycles. The van der Waals surface area contributed by atoms with Crippen LogP contribution in [0.3, 0.4) is 0 Å². The van der Waals surface area contributed by atoms with E-state index >= 15 is 0 Å². The molecule has 6 heteroatoms. The van der Waals surface area contributed by atoms with Gasteiger partial charge in [0.15, 0.2) is 0 Å². The number of aryl methyl sites for hydroxylation is 1. The lowest BCUT2D eigenvalue weighted by molar-refractivity contribution is 0.415. The number of rotatable bonds is 5. The second kappa shape index (κ2) is 8.06. The normalized spacial score (nSPS) is 10.6. The molecule has 1 N–H and O–H groups in total. The zero-order valence-corrected chi connectivity index (χ0v) is 16.1. The summed E-state index contributed by atoms with van der Waals surface area (Å²) in [5, 5.41) is 3.29. The van der Waals surface area contributed by atoms with E-state index < -0.39 is 0 Å². The van der Waals surface area contributed by atoms with E-state index in [1.165, 1.54) is 12.1 Å². The molecule has 2 aromatic carbocycles. The third kappa shape index (κ3) is 4.38. The van der Waals surface area contributed by atoms with Gasteiger partial charge in [0.05, 0.1) is 12.8 Å². The average Bonchev–Trinajstić information content (AvgIpc) is 2.74. The highest BCUT2D eigenvalue weighted by atomic mass is 19.1. The molecule has 0 aliphatic carbocycles. The number of nitrogens with zero attached hydrogens (tertiary/aromatic N) is 3. The Kier molecular flexibility index (Phi) is 5.16. The van der Waals surface area contributed by atoms with Crippen molar-refractivity contribution in [3.63, 3.8) is 0 Å². The lowest BCUT2D eigenvalue weighted by Crippen LogP contribution is -1.99. The van der Waals surface area contributed by atoms with E-state index in [0.717, 1.165) is 33.8 Å². The minimum atomic E-state index is -0.265. The van der Waals surface area contributed by atoms with Crippen LogP contribution in [0.5, 0.6) is 5.75 Å². The van der Waals surface area contributed by atoms with Crippen LogP contribution < -0.4 is 10.1 Å². The average molecular weight is 386 g/mol. The number of ether oxygens (including phenoxy) is 1. The molecule has 4 rings (SSSR count).